The van der Waals surface area contributed by atoms with Crippen molar-refractivity contribution in [2.24, 2.45) is 0 Å². The maximum absolute atomic E-state index is 12.2. The summed E-state index contributed by atoms with van der Waals surface area (Å²) in [6.45, 7) is 3.88. The summed E-state index contributed by atoms with van der Waals surface area (Å²) in [5.41, 5.74) is 3.57. The predicted molar refractivity (Wildman–Crippen MR) is 105 cm³/mol. The standard InChI is InChI=1S/C19H23N5O3S/c1-14-5-3-7-17(9-14)28(26,27)22-12-19(25)20-8-4-6-16-11-21-18-10-15(2)23-24(18)13-16/h3,5,7,9-11,13,22H,4,6,8,12H2,1-2H3,(H,20,25). The van der Waals surface area contributed by atoms with Gasteiger partial charge in [0.2, 0.25) is 15.9 Å². The van der Waals surface area contributed by atoms with E-state index >= 15 is 0 Å². The van der Waals surface area contributed by atoms with E-state index in [1.165, 1.54) is 6.07 Å². The van der Waals surface area contributed by atoms with Crippen molar-refractivity contribution in [1.29, 1.82) is 0 Å². The Morgan fingerprint density at radius 2 is 2.04 bits per heavy atom. The number of fused-ring (bicyclic) bond motifs is 1. The summed E-state index contributed by atoms with van der Waals surface area (Å²) in [6, 6.07) is 8.44. The highest BCUT2D eigenvalue weighted by Gasteiger charge is 2.15. The van der Waals surface area contributed by atoms with Crippen LogP contribution in [0.25, 0.3) is 5.65 Å². The fourth-order valence-corrected chi connectivity index (χ4v) is 3.86. The number of nitrogens with zero attached hydrogens (tertiary/aromatic N) is 3. The summed E-state index contributed by atoms with van der Waals surface area (Å²) >= 11 is 0. The normalized spacial score (nSPS) is 11.6. The Bertz CT molecular complexity index is 1090. The van der Waals surface area contributed by atoms with Gasteiger partial charge in [-0.3, -0.25) is 4.79 Å². The molecule has 3 aromatic rings. The third kappa shape index (κ3) is 5.14. The SMILES string of the molecule is Cc1cccc(S(=O)(=O)NCC(=O)NCCCc2cnc3cc(C)nn3c2)c1. The number of carbonyl (C=O) groups excluding carboxylic acids is 1. The Hall–Kier alpha value is -2.78. The highest BCUT2D eigenvalue weighted by atomic mass is 32.2. The minimum Gasteiger partial charge on any atom is -0.355 e. The van der Waals surface area contributed by atoms with Crippen LogP contribution in [-0.4, -0.2) is 42.0 Å². The molecule has 2 N–H and O–H groups in total. The van der Waals surface area contributed by atoms with E-state index in [9.17, 15) is 13.2 Å². The van der Waals surface area contributed by atoms with Crippen LogP contribution in [0.4, 0.5) is 0 Å². The molecule has 0 spiro atoms. The third-order valence-corrected chi connectivity index (χ3v) is 5.57. The van der Waals surface area contributed by atoms with Crippen molar-refractivity contribution in [3.05, 3.63) is 59.5 Å². The third-order valence-electron chi connectivity index (χ3n) is 4.18. The van der Waals surface area contributed by atoms with Crippen LogP contribution in [0.2, 0.25) is 0 Å². The number of aryl methyl sites for hydroxylation is 3. The summed E-state index contributed by atoms with van der Waals surface area (Å²) in [5, 5.41) is 7.05. The molecule has 2 heterocycles. The molecule has 0 radical (unpaired) electrons. The first-order valence-corrected chi connectivity index (χ1v) is 10.5. The molecule has 8 nitrogen and oxygen atoms in total. The molecular formula is C19H23N5O3S. The highest BCUT2D eigenvalue weighted by molar-refractivity contribution is 7.89. The van der Waals surface area contributed by atoms with Gasteiger partial charge in [-0.25, -0.2) is 22.6 Å². The number of rotatable bonds is 8. The first-order valence-electron chi connectivity index (χ1n) is 8.97. The molecule has 0 unspecified atom stereocenters. The van der Waals surface area contributed by atoms with Gasteiger partial charge in [0.05, 0.1) is 17.1 Å². The van der Waals surface area contributed by atoms with Crippen molar-refractivity contribution >= 4 is 21.6 Å². The molecule has 0 fully saturated rings. The smallest absolute Gasteiger partial charge is 0.241 e. The molecule has 0 aliphatic heterocycles. The lowest BCUT2D eigenvalue weighted by atomic mass is 10.2. The van der Waals surface area contributed by atoms with Crippen molar-refractivity contribution in [2.75, 3.05) is 13.1 Å². The summed E-state index contributed by atoms with van der Waals surface area (Å²) in [4.78, 5) is 16.4. The molecule has 0 saturated heterocycles. The minimum atomic E-state index is -3.70. The fourth-order valence-electron chi connectivity index (χ4n) is 2.77. The molecule has 3 rings (SSSR count). The van der Waals surface area contributed by atoms with Crippen LogP contribution in [-0.2, 0) is 21.2 Å². The molecule has 28 heavy (non-hydrogen) atoms. The van der Waals surface area contributed by atoms with Gasteiger partial charge in [0.1, 0.15) is 0 Å². The number of aromatic nitrogens is 3. The minimum absolute atomic E-state index is 0.150. The average Bonchev–Trinajstić information content (AvgIpc) is 3.03. The van der Waals surface area contributed by atoms with Crippen LogP contribution >= 0.6 is 0 Å². The number of nitrogens with one attached hydrogen (secondary N) is 2. The van der Waals surface area contributed by atoms with Crippen LogP contribution < -0.4 is 10.0 Å². The molecular weight excluding hydrogens is 378 g/mol. The predicted octanol–water partition coefficient (Wildman–Crippen LogP) is 1.37. The molecule has 9 heteroatoms. The number of carbonyl (C=O) groups is 1. The maximum atomic E-state index is 12.2. The van der Waals surface area contributed by atoms with E-state index < -0.39 is 10.0 Å². The second kappa shape index (κ2) is 8.49. The van der Waals surface area contributed by atoms with Gasteiger partial charge in [-0.2, -0.15) is 5.10 Å². The zero-order chi connectivity index (χ0) is 20.1. The summed E-state index contributed by atoms with van der Waals surface area (Å²) in [5.74, 6) is -0.368. The largest absolute Gasteiger partial charge is 0.355 e. The maximum Gasteiger partial charge on any atom is 0.241 e. The van der Waals surface area contributed by atoms with E-state index in [1.54, 1.807) is 22.8 Å². The summed E-state index contributed by atoms with van der Waals surface area (Å²) < 4.78 is 28.5. The fraction of sp³-hybridized carbons (Fsp3) is 0.316. The van der Waals surface area contributed by atoms with Gasteiger partial charge in [0, 0.05) is 25.0 Å². The second-order valence-corrected chi connectivity index (χ2v) is 8.41. The highest BCUT2D eigenvalue weighted by Crippen LogP contribution is 2.10. The van der Waals surface area contributed by atoms with Crippen LogP contribution in [0.3, 0.4) is 0 Å². The molecule has 2 aromatic heterocycles. The molecule has 0 bridgehead atoms. The van der Waals surface area contributed by atoms with Gasteiger partial charge in [-0.15, -0.1) is 0 Å². The van der Waals surface area contributed by atoms with E-state index in [2.05, 4.69) is 20.1 Å². The molecule has 0 atom stereocenters. The van der Waals surface area contributed by atoms with Gasteiger partial charge in [-0.1, -0.05) is 12.1 Å². The van der Waals surface area contributed by atoms with Crippen LogP contribution in [0.15, 0.2) is 47.6 Å². The molecule has 0 aliphatic rings. The second-order valence-electron chi connectivity index (χ2n) is 6.65. The number of benzene rings is 1. The number of amides is 1. The van der Waals surface area contributed by atoms with Crippen LogP contribution in [0.1, 0.15) is 23.2 Å². The van der Waals surface area contributed by atoms with E-state index in [1.807, 2.05) is 32.2 Å². The van der Waals surface area contributed by atoms with Gasteiger partial charge >= 0.3 is 0 Å². The number of hydrogen-bond acceptors (Lipinski definition) is 5. The Balaban J connectivity index is 1.42. The van der Waals surface area contributed by atoms with Gasteiger partial charge < -0.3 is 5.32 Å². The van der Waals surface area contributed by atoms with E-state index in [-0.39, 0.29) is 17.3 Å². The molecule has 1 amide bonds. The quantitative estimate of drug-likeness (QED) is 0.555. The first kappa shape index (κ1) is 20.0. The molecule has 148 valence electrons. The monoisotopic (exact) mass is 401 g/mol. The van der Waals surface area contributed by atoms with Crippen molar-refractivity contribution in [1.82, 2.24) is 24.6 Å². The summed E-state index contributed by atoms with van der Waals surface area (Å²) in [7, 11) is -3.70. The van der Waals surface area contributed by atoms with E-state index in [4.69, 9.17) is 0 Å². The Morgan fingerprint density at radius 3 is 2.82 bits per heavy atom. The van der Waals surface area contributed by atoms with Crippen molar-refractivity contribution in [3.8, 4) is 0 Å². The Morgan fingerprint density at radius 1 is 1.21 bits per heavy atom. The van der Waals surface area contributed by atoms with E-state index in [0.29, 0.717) is 13.0 Å². The van der Waals surface area contributed by atoms with Gasteiger partial charge in [0.25, 0.3) is 0 Å². The average molecular weight is 401 g/mol. The van der Waals surface area contributed by atoms with Crippen molar-refractivity contribution in [2.45, 2.75) is 31.6 Å². The number of sulfonamides is 1. The molecule has 0 saturated carbocycles. The van der Waals surface area contributed by atoms with Crippen molar-refractivity contribution in [3.63, 3.8) is 0 Å². The van der Waals surface area contributed by atoms with Gasteiger partial charge in [0.15, 0.2) is 5.65 Å². The Labute approximate surface area is 164 Å². The lowest BCUT2D eigenvalue weighted by Crippen LogP contribution is -2.37. The topological polar surface area (TPSA) is 105 Å². The zero-order valence-corrected chi connectivity index (χ0v) is 16.7. The Kier molecular flexibility index (Phi) is 6.05. The lowest BCUT2D eigenvalue weighted by molar-refractivity contribution is -0.119. The van der Waals surface area contributed by atoms with Crippen molar-refractivity contribution < 1.29 is 13.2 Å². The van der Waals surface area contributed by atoms with E-state index in [0.717, 1.165) is 28.9 Å². The van der Waals surface area contributed by atoms with Gasteiger partial charge in [-0.05, 0) is 49.9 Å². The summed E-state index contributed by atoms with van der Waals surface area (Å²) in [6.07, 6.45) is 5.17. The lowest BCUT2D eigenvalue weighted by Gasteiger charge is -2.08. The molecule has 0 aliphatic carbocycles. The zero-order valence-electron chi connectivity index (χ0n) is 15.8. The molecule has 1 aromatic carbocycles. The number of hydrogen-bond donors (Lipinski definition) is 2. The van der Waals surface area contributed by atoms with Crippen LogP contribution in [0, 0.1) is 13.8 Å². The first-order chi connectivity index (χ1) is 13.3. The van der Waals surface area contributed by atoms with Crippen LogP contribution in [0.5, 0.6) is 0 Å².